The quantitative estimate of drug-likeness (QED) is 0.284. The van der Waals surface area contributed by atoms with Gasteiger partial charge in [0.2, 0.25) is 0 Å². The number of rotatable bonds is 5. The van der Waals surface area contributed by atoms with Gasteiger partial charge >= 0.3 is 6.18 Å². The van der Waals surface area contributed by atoms with Crippen LogP contribution in [-0.2, 0) is 0 Å². The van der Waals surface area contributed by atoms with E-state index in [4.69, 9.17) is 11.6 Å². The second-order valence-electron chi connectivity index (χ2n) is 6.94. The summed E-state index contributed by atoms with van der Waals surface area (Å²) in [6.07, 6.45) is -5.49. The molecule has 0 aliphatic heterocycles. The fourth-order valence-corrected chi connectivity index (χ4v) is 4.26. The van der Waals surface area contributed by atoms with Gasteiger partial charge in [0.15, 0.2) is 5.17 Å². The summed E-state index contributed by atoms with van der Waals surface area (Å²) in [5, 5.41) is -0.422. The van der Waals surface area contributed by atoms with Gasteiger partial charge in [-0.2, -0.15) is 18.2 Å². The Labute approximate surface area is 193 Å². The lowest BCUT2D eigenvalue weighted by molar-refractivity contribution is -0.134. The molecule has 1 atom stereocenters. The molecule has 3 nitrogen and oxygen atoms in total. The lowest BCUT2D eigenvalue weighted by Gasteiger charge is -2.25. The maximum absolute atomic E-state index is 13.4. The Balaban J connectivity index is 2.00. The number of thioether (sulfide) groups is 1. The van der Waals surface area contributed by atoms with Crippen LogP contribution in [0, 0.1) is 0 Å². The van der Waals surface area contributed by atoms with Crippen LogP contribution in [0.15, 0.2) is 89.9 Å². The Hall–Kier alpha value is -2.77. The number of carbonyl (C=O) groups excluding carboxylic acids is 1. The van der Waals surface area contributed by atoms with E-state index in [1.165, 1.54) is 0 Å². The van der Waals surface area contributed by atoms with Gasteiger partial charge in [0.25, 0.3) is 5.91 Å². The molecule has 0 heterocycles. The maximum atomic E-state index is 13.4. The van der Waals surface area contributed by atoms with Gasteiger partial charge in [0.05, 0.1) is 6.42 Å². The fraction of sp³-hybridized carbons (Fsp3) is 0.167. The minimum Gasteiger partial charge on any atom is -0.324 e. The molecule has 0 aromatic heterocycles. The summed E-state index contributed by atoms with van der Waals surface area (Å²) in [5.41, 5.74) is 1.49. The smallest absolute Gasteiger partial charge is 0.324 e. The van der Waals surface area contributed by atoms with Gasteiger partial charge in [-0.15, -0.1) is 0 Å². The fourth-order valence-electron chi connectivity index (χ4n) is 2.92. The Kier molecular flexibility index (Phi) is 7.99. The van der Waals surface area contributed by atoms with E-state index in [1.54, 1.807) is 90.8 Å². The Morgan fingerprint density at radius 1 is 0.969 bits per heavy atom. The van der Waals surface area contributed by atoms with Crippen LogP contribution in [0.5, 0.6) is 0 Å². The Morgan fingerprint density at radius 3 is 2.09 bits per heavy atom. The topological polar surface area (TPSA) is 32.7 Å². The highest BCUT2D eigenvalue weighted by molar-refractivity contribution is 8.14. The van der Waals surface area contributed by atoms with Crippen molar-refractivity contribution in [1.29, 1.82) is 0 Å². The zero-order chi connectivity index (χ0) is 23.1. The molecule has 3 aromatic rings. The molecule has 1 unspecified atom stereocenters. The number of hydrogen-bond acceptors (Lipinski definition) is 2. The Bertz CT molecular complexity index is 1060. The predicted octanol–water partition coefficient (Wildman–Crippen LogP) is 7.40. The summed E-state index contributed by atoms with van der Waals surface area (Å²) in [6.45, 7) is 0. The third-order valence-electron chi connectivity index (χ3n) is 4.55. The van der Waals surface area contributed by atoms with Gasteiger partial charge in [0.1, 0.15) is 0 Å². The van der Waals surface area contributed by atoms with Crippen LogP contribution in [0.3, 0.4) is 0 Å². The number of hydrogen-bond donors (Lipinski definition) is 0. The first-order valence-corrected chi connectivity index (χ1v) is 10.9. The highest BCUT2D eigenvalue weighted by atomic mass is 35.5. The monoisotopic (exact) mass is 476 g/mol. The molecule has 0 radical (unpaired) electrons. The molecule has 0 fully saturated rings. The van der Waals surface area contributed by atoms with Crippen LogP contribution in [0.25, 0.3) is 0 Å². The highest BCUT2D eigenvalue weighted by Gasteiger charge is 2.34. The van der Waals surface area contributed by atoms with E-state index in [-0.39, 0.29) is 5.17 Å². The number of aliphatic imine (C=N–C) groups is 1. The number of para-hydroxylation sites is 1. The van der Waals surface area contributed by atoms with Crippen LogP contribution in [0.1, 0.15) is 27.6 Å². The molecule has 0 spiro atoms. The van der Waals surface area contributed by atoms with E-state index in [0.717, 1.165) is 11.8 Å². The average molecular weight is 477 g/mol. The molecular formula is C24H20ClF3N2OS. The van der Waals surface area contributed by atoms with Crippen molar-refractivity contribution < 1.29 is 18.0 Å². The summed E-state index contributed by atoms with van der Waals surface area (Å²) >= 11 is 6.81. The number of amidine groups is 1. The van der Waals surface area contributed by atoms with Gasteiger partial charge in [0, 0.05) is 28.6 Å². The molecule has 1 amide bonds. The molecule has 0 saturated carbocycles. The molecule has 0 bridgehead atoms. The first-order chi connectivity index (χ1) is 15.2. The molecule has 0 aliphatic rings. The van der Waals surface area contributed by atoms with Gasteiger partial charge in [-0.05, 0) is 42.0 Å². The molecule has 3 aromatic carbocycles. The second kappa shape index (κ2) is 10.7. The number of anilines is 1. The number of nitrogens with zero attached hydrogens (tertiary/aromatic N) is 2. The maximum Gasteiger partial charge on any atom is 0.390 e. The molecule has 166 valence electrons. The molecule has 32 heavy (non-hydrogen) atoms. The zero-order valence-electron chi connectivity index (χ0n) is 17.1. The lowest BCUT2D eigenvalue weighted by Crippen LogP contribution is -2.26. The molecule has 3 rings (SSSR count). The van der Waals surface area contributed by atoms with E-state index in [0.29, 0.717) is 21.8 Å². The van der Waals surface area contributed by atoms with E-state index >= 15 is 0 Å². The minimum absolute atomic E-state index is 0.161. The summed E-state index contributed by atoms with van der Waals surface area (Å²) < 4.78 is 40.2. The molecule has 0 N–H and O–H groups in total. The first-order valence-electron chi connectivity index (χ1n) is 9.68. The molecule has 0 saturated heterocycles. The van der Waals surface area contributed by atoms with Crippen molar-refractivity contribution in [1.82, 2.24) is 0 Å². The number of halogens is 4. The van der Waals surface area contributed by atoms with Gasteiger partial charge in [-0.3, -0.25) is 4.79 Å². The summed E-state index contributed by atoms with van der Waals surface area (Å²) in [6, 6.07) is 23.7. The average Bonchev–Trinajstić information content (AvgIpc) is 2.78. The highest BCUT2D eigenvalue weighted by Crippen LogP contribution is 2.41. The summed E-state index contributed by atoms with van der Waals surface area (Å²) in [4.78, 5) is 18.6. The van der Waals surface area contributed by atoms with Crippen molar-refractivity contribution in [2.75, 3.05) is 11.9 Å². The van der Waals surface area contributed by atoms with Crippen LogP contribution in [0.4, 0.5) is 18.9 Å². The van der Waals surface area contributed by atoms with Crippen molar-refractivity contribution in [3.63, 3.8) is 0 Å². The summed E-state index contributed by atoms with van der Waals surface area (Å²) in [5.74, 6) is -0.530. The van der Waals surface area contributed by atoms with E-state index in [1.807, 2.05) is 6.07 Å². The summed E-state index contributed by atoms with van der Waals surface area (Å²) in [7, 11) is 1.67. The zero-order valence-corrected chi connectivity index (χ0v) is 18.7. The van der Waals surface area contributed by atoms with Gasteiger partial charge in [-0.25, -0.2) is 0 Å². The SMILES string of the molecule is CN(C(=NC(=O)c1ccccc1)SC(CC(F)(F)F)c1ccc(Cl)cc1)c1ccccc1. The standard InChI is InChI=1S/C24H20ClF3N2OS/c1-30(20-10-6-3-7-11-20)23(29-22(31)18-8-4-2-5-9-18)32-21(16-24(26,27)28)17-12-14-19(25)15-13-17/h2-15,21H,16H2,1H3. The minimum atomic E-state index is -4.41. The van der Waals surface area contributed by atoms with Crippen molar-refractivity contribution in [3.05, 3.63) is 101 Å². The van der Waals surface area contributed by atoms with Gasteiger partial charge in [-0.1, -0.05) is 71.9 Å². The third-order valence-corrected chi connectivity index (χ3v) is 6.11. The largest absolute Gasteiger partial charge is 0.390 e. The number of amides is 1. The van der Waals surface area contributed by atoms with Crippen molar-refractivity contribution in [2.24, 2.45) is 4.99 Å². The molecule has 8 heteroatoms. The van der Waals surface area contributed by atoms with E-state index < -0.39 is 23.8 Å². The predicted molar refractivity (Wildman–Crippen MR) is 126 cm³/mol. The number of benzene rings is 3. The molecule has 0 aliphatic carbocycles. The van der Waals surface area contributed by atoms with Crippen molar-refractivity contribution in [2.45, 2.75) is 17.8 Å². The normalized spacial score (nSPS) is 13.0. The first kappa shape index (κ1) is 23.9. The number of carbonyl (C=O) groups is 1. The second-order valence-corrected chi connectivity index (χ2v) is 8.54. The van der Waals surface area contributed by atoms with Gasteiger partial charge < -0.3 is 4.90 Å². The van der Waals surface area contributed by atoms with Crippen LogP contribution in [0.2, 0.25) is 5.02 Å². The third kappa shape index (κ3) is 6.87. The van der Waals surface area contributed by atoms with E-state index in [9.17, 15) is 18.0 Å². The number of alkyl halides is 3. The van der Waals surface area contributed by atoms with E-state index in [2.05, 4.69) is 4.99 Å². The van der Waals surface area contributed by atoms with Crippen LogP contribution in [-0.4, -0.2) is 24.3 Å². The molecular weight excluding hydrogens is 457 g/mol. The van der Waals surface area contributed by atoms with Crippen LogP contribution < -0.4 is 4.90 Å². The van der Waals surface area contributed by atoms with Crippen molar-refractivity contribution in [3.8, 4) is 0 Å². The Morgan fingerprint density at radius 2 is 1.53 bits per heavy atom. The van der Waals surface area contributed by atoms with Crippen LogP contribution >= 0.6 is 23.4 Å². The van der Waals surface area contributed by atoms with Crippen molar-refractivity contribution >= 4 is 40.1 Å². The lowest BCUT2D eigenvalue weighted by atomic mass is 10.1.